The second kappa shape index (κ2) is 14.1. The van der Waals surface area contributed by atoms with Crippen LogP contribution >= 0.6 is 0 Å². The summed E-state index contributed by atoms with van der Waals surface area (Å²) in [5.74, 6) is 0.320. The van der Waals surface area contributed by atoms with Crippen LogP contribution in [0.5, 0.6) is 5.75 Å². The minimum Gasteiger partial charge on any atom is -0.860 e. The fraction of sp³-hybridized carbons (Fsp3) is 0.222. The number of fused-ring (bicyclic) bond motifs is 1. The van der Waals surface area contributed by atoms with Gasteiger partial charge >= 0.3 is 0 Å². The Balaban J connectivity index is 0.000000374. The van der Waals surface area contributed by atoms with Crippen molar-refractivity contribution in [2.24, 2.45) is 0 Å². The van der Waals surface area contributed by atoms with E-state index >= 15 is 0 Å². The molecule has 210 valence electrons. The van der Waals surface area contributed by atoms with E-state index in [1.54, 1.807) is 0 Å². The molecule has 0 aromatic heterocycles. The number of hydrogen-bond acceptors (Lipinski definition) is 3. The minimum atomic E-state index is -2.44. The van der Waals surface area contributed by atoms with Gasteiger partial charge in [-0.05, 0) is 55.3 Å². The van der Waals surface area contributed by atoms with Crippen LogP contribution < -0.4 is 14.7 Å². The quantitative estimate of drug-likeness (QED) is 0.151. The van der Waals surface area contributed by atoms with Gasteiger partial charge in [0.25, 0.3) is 0 Å². The largest absolute Gasteiger partial charge is 0.860 e. The van der Waals surface area contributed by atoms with Gasteiger partial charge in [-0.25, -0.2) is 0 Å². The van der Waals surface area contributed by atoms with Gasteiger partial charge in [0.1, 0.15) is 13.1 Å². The van der Waals surface area contributed by atoms with E-state index in [4.69, 9.17) is 4.65 Å². The summed E-state index contributed by atoms with van der Waals surface area (Å²) in [5, 5.41) is 25.2. The molecule has 0 heterocycles. The maximum Gasteiger partial charge on any atom is 0.133 e. The van der Waals surface area contributed by atoms with Crippen LogP contribution in [0.2, 0.25) is 0 Å². The predicted molar refractivity (Wildman–Crippen MR) is 169 cm³/mol. The highest BCUT2D eigenvalue weighted by Crippen LogP contribution is 2.50. The van der Waals surface area contributed by atoms with Crippen molar-refractivity contribution in [3.05, 3.63) is 115 Å². The number of benzene rings is 5. The zero-order valence-corrected chi connectivity index (χ0v) is 24.5. The summed E-state index contributed by atoms with van der Waals surface area (Å²) in [4.78, 5) is 0. The molecule has 4 nitrogen and oxygen atoms in total. The van der Waals surface area contributed by atoms with Gasteiger partial charge in [-0.3, -0.25) is 0 Å². The molecule has 5 aromatic rings. The zero-order chi connectivity index (χ0) is 29.2. The smallest absolute Gasteiger partial charge is 0.133 e. The van der Waals surface area contributed by atoms with Gasteiger partial charge in [-0.15, -0.1) is 0 Å². The van der Waals surface area contributed by atoms with Gasteiger partial charge in [-0.1, -0.05) is 115 Å². The first-order chi connectivity index (χ1) is 20.0. The van der Waals surface area contributed by atoms with E-state index in [9.17, 15) is 10.0 Å². The highest BCUT2D eigenvalue weighted by atomic mass is 16.6. The van der Waals surface area contributed by atoms with E-state index in [1.165, 1.54) is 30.7 Å². The van der Waals surface area contributed by atoms with Crippen molar-refractivity contribution in [2.75, 3.05) is 26.2 Å². The highest BCUT2D eigenvalue weighted by Gasteiger charge is 2.23. The van der Waals surface area contributed by atoms with Crippen LogP contribution in [-0.4, -0.2) is 38.0 Å². The summed E-state index contributed by atoms with van der Waals surface area (Å²) in [6.07, 6.45) is 0. The van der Waals surface area contributed by atoms with Gasteiger partial charge < -0.3 is 19.2 Å². The van der Waals surface area contributed by atoms with E-state index in [1.807, 2.05) is 103 Å². The fourth-order valence-electron chi connectivity index (χ4n) is 5.65. The second-order valence-corrected chi connectivity index (χ2v) is 10.1. The molecule has 5 aromatic carbocycles. The molecule has 0 saturated carbocycles. The molecular weight excluding hydrogens is 505 g/mol. The molecule has 0 spiro atoms. The maximum atomic E-state index is 11.7. The molecule has 0 bridgehead atoms. The molecular formula is C36H39BNO3-. The Hall–Kier alpha value is -3.90. The van der Waals surface area contributed by atoms with Crippen LogP contribution in [0.25, 0.3) is 44.2 Å². The Bertz CT molecular complexity index is 1500. The summed E-state index contributed by atoms with van der Waals surface area (Å²) in [5.41, 5.74) is 5.61. The summed E-state index contributed by atoms with van der Waals surface area (Å²) >= 11 is 0. The Morgan fingerprint density at radius 2 is 0.854 bits per heavy atom. The molecule has 0 N–H and O–H groups in total. The lowest BCUT2D eigenvalue weighted by molar-refractivity contribution is -0.921. The van der Waals surface area contributed by atoms with Crippen molar-refractivity contribution in [3.8, 4) is 39.1 Å². The second-order valence-electron chi connectivity index (χ2n) is 10.1. The summed E-state index contributed by atoms with van der Waals surface area (Å²) < 4.78 is 6.73. The Kier molecular flexibility index (Phi) is 10.4. The van der Waals surface area contributed by atoms with Crippen molar-refractivity contribution in [3.63, 3.8) is 0 Å². The average molecular weight is 545 g/mol. The molecule has 0 unspecified atom stereocenters. The van der Waals surface area contributed by atoms with Crippen molar-refractivity contribution < 1.29 is 19.2 Å². The van der Waals surface area contributed by atoms with Crippen LogP contribution in [0.3, 0.4) is 0 Å². The number of quaternary nitrogens is 1. The number of nitrogens with zero attached hydrogens (tertiary/aromatic N) is 1. The minimum absolute atomic E-state index is 0.320. The van der Waals surface area contributed by atoms with Crippen LogP contribution in [0.1, 0.15) is 27.7 Å². The van der Waals surface area contributed by atoms with Gasteiger partial charge in [0.2, 0.25) is 0 Å². The maximum absolute atomic E-state index is 11.7. The van der Waals surface area contributed by atoms with Crippen molar-refractivity contribution in [1.82, 2.24) is 0 Å². The molecule has 5 heteroatoms. The average Bonchev–Trinajstić information content (AvgIpc) is 3.03. The molecule has 41 heavy (non-hydrogen) atoms. The summed E-state index contributed by atoms with van der Waals surface area (Å²) in [6, 6.07) is 37.7. The summed E-state index contributed by atoms with van der Waals surface area (Å²) in [6.45, 7) is 14.2. The van der Waals surface area contributed by atoms with E-state index < -0.39 is 7.32 Å². The first-order valence-corrected chi connectivity index (χ1v) is 14.6. The van der Waals surface area contributed by atoms with Crippen molar-refractivity contribution in [2.45, 2.75) is 27.7 Å². The van der Waals surface area contributed by atoms with Gasteiger partial charge in [0, 0.05) is 16.5 Å². The van der Waals surface area contributed by atoms with Crippen LogP contribution in [-0.2, 0) is 0 Å². The third kappa shape index (κ3) is 6.71. The first kappa shape index (κ1) is 30.1. The topological polar surface area (TPSA) is 55.3 Å². The zero-order valence-electron chi connectivity index (χ0n) is 24.5. The van der Waals surface area contributed by atoms with E-state index in [0.717, 1.165) is 44.2 Å². The molecule has 0 fully saturated rings. The lowest BCUT2D eigenvalue weighted by atomic mass is 9.83. The Morgan fingerprint density at radius 3 is 1.24 bits per heavy atom. The summed E-state index contributed by atoms with van der Waals surface area (Å²) in [7, 11) is -2.44. The van der Waals surface area contributed by atoms with Crippen molar-refractivity contribution in [1.29, 1.82) is 0 Å². The predicted octanol–water partition coefficient (Wildman–Crippen LogP) is 6.81. The van der Waals surface area contributed by atoms with E-state index in [2.05, 4.69) is 39.8 Å². The molecule has 0 radical (unpaired) electrons. The third-order valence-electron chi connectivity index (χ3n) is 8.25. The normalized spacial score (nSPS) is 11.1. The first-order valence-electron chi connectivity index (χ1n) is 14.6. The van der Waals surface area contributed by atoms with Crippen LogP contribution in [0.4, 0.5) is 0 Å². The monoisotopic (exact) mass is 544 g/mol. The van der Waals surface area contributed by atoms with E-state index in [-0.39, 0.29) is 0 Å². The molecule has 0 aliphatic carbocycles. The SMILES string of the molecule is CC[N+](CC)(CC)CC.[O-]B([O-])Oc1c(-c2ccccc2)c(-c2ccccc2)c(-c2ccccc2)c2ccccc12. The molecule has 5 rings (SSSR count). The molecule has 0 aliphatic heterocycles. The molecule has 0 saturated heterocycles. The molecule has 0 amide bonds. The third-order valence-corrected chi connectivity index (χ3v) is 8.25. The lowest BCUT2D eigenvalue weighted by Gasteiger charge is -2.34. The lowest BCUT2D eigenvalue weighted by Crippen LogP contribution is -2.50. The highest BCUT2D eigenvalue weighted by molar-refractivity contribution is 6.31. The van der Waals surface area contributed by atoms with Crippen LogP contribution in [0, 0.1) is 0 Å². The standard InChI is InChI=1S/C28H19BO3.C8H20N/c30-29(31)32-28-24-19-11-10-18-23(24)25(20-12-4-1-5-13-20)26(21-14-6-2-7-15-21)27(28)22-16-8-3-9-17-22;1-5-9(6-2,7-3)8-4/h1-19H;5-8H2,1-4H3/q-2;+1. The van der Waals surface area contributed by atoms with Crippen LogP contribution in [0.15, 0.2) is 115 Å². The Labute approximate surface area is 245 Å². The van der Waals surface area contributed by atoms with Gasteiger partial charge in [0.05, 0.1) is 26.2 Å². The van der Waals surface area contributed by atoms with Gasteiger partial charge in [-0.2, -0.15) is 0 Å². The number of rotatable bonds is 9. The number of hydrogen-bond donors (Lipinski definition) is 0. The van der Waals surface area contributed by atoms with Gasteiger partial charge in [0.15, 0.2) is 0 Å². The Morgan fingerprint density at radius 1 is 0.488 bits per heavy atom. The van der Waals surface area contributed by atoms with Crippen molar-refractivity contribution >= 4 is 18.1 Å². The molecule has 0 aliphatic rings. The molecule has 0 atom stereocenters. The fourth-order valence-corrected chi connectivity index (χ4v) is 5.65. The van der Waals surface area contributed by atoms with E-state index in [0.29, 0.717) is 5.75 Å².